The third-order valence-corrected chi connectivity index (χ3v) is 0. The maximum absolute atomic E-state index is 0. The Bertz CT molecular complexity index is 11.6. The Hall–Kier alpha value is 2.45. The van der Waals surface area contributed by atoms with Crippen LogP contribution in [0.1, 0.15) is 0 Å². The largest absolute Gasteiger partial charge is 0 e. The molecule has 0 spiro atoms. The maximum Gasteiger partial charge on any atom is 0 e. The van der Waals surface area contributed by atoms with Gasteiger partial charge in [0.05, 0.1) is 0 Å². The van der Waals surface area contributed by atoms with Gasteiger partial charge < -0.3 is 0 Å². The Balaban J connectivity index is 0. The molecule has 0 N–H and O–H groups in total. The minimum absolute atomic E-state index is 0. The summed E-state index contributed by atoms with van der Waals surface area (Å²) in [6.45, 7) is 0. The van der Waals surface area contributed by atoms with Gasteiger partial charge in [-0.05, 0) is 0 Å². The standard InChI is InChI=1S/C.Cr.Mo.Nb.Ni. The molecule has 0 bridgehead atoms. The van der Waals surface area contributed by atoms with Gasteiger partial charge in [0.2, 0.25) is 0 Å². The first-order valence-corrected chi connectivity index (χ1v) is 0. The smallest absolute Gasteiger partial charge is 0 e. The van der Waals surface area contributed by atoms with Crippen molar-refractivity contribution in [3.8, 4) is 0 Å². The Morgan fingerprint density at radius 1 is 1.00 bits per heavy atom. The van der Waals surface area contributed by atoms with Crippen molar-refractivity contribution in [2.24, 2.45) is 0 Å². The first-order chi connectivity index (χ1) is 0. The van der Waals surface area contributed by atoms with Gasteiger partial charge in [0.1, 0.15) is 0 Å². The van der Waals surface area contributed by atoms with Crippen LogP contribution in [-0.4, -0.2) is 0 Å². The van der Waals surface area contributed by atoms with Crippen LogP contribution in [0.5, 0.6) is 0 Å². The number of hydrogen-bond acceptors (Lipinski definition) is 0. The molecule has 0 saturated heterocycles. The molecule has 5 heavy (non-hydrogen) atoms. The molecule has 0 aliphatic rings. The van der Waals surface area contributed by atoms with Crippen molar-refractivity contribution in [1.29, 1.82) is 0 Å². The minimum Gasteiger partial charge on any atom is 0 e. The van der Waals surface area contributed by atoms with Gasteiger partial charge in [-0.15, -0.1) is 0 Å². The van der Waals surface area contributed by atoms with Crippen LogP contribution in [0.25, 0.3) is 0 Å². The second-order valence-corrected chi connectivity index (χ2v) is 0. The van der Waals surface area contributed by atoms with Gasteiger partial charge in [0.15, 0.2) is 0 Å². The van der Waals surface area contributed by atoms with Crippen molar-refractivity contribution in [3.05, 3.63) is 7.43 Å². The minimum atomic E-state index is 0. The van der Waals surface area contributed by atoms with Gasteiger partial charge in [-0.25, -0.2) is 0 Å². The molecule has 0 amide bonds. The molecule has 0 nitrogen and oxygen atoms in total. The number of hydrogen-bond donors (Lipinski definition) is 0. The summed E-state index contributed by atoms with van der Waals surface area (Å²) in [5.74, 6) is 0. The van der Waals surface area contributed by atoms with E-state index >= 15 is 0 Å². The van der Waals surface area contributed by atoms with Crippen LogP contribution in [0.4, 0.5) is 0 Å². The fourth-order valence-electron chi connectivity index (χ4n) is 0. The van der Waals surface area contributed by atoms with E-state index in [0.29, 0.717) is 0 Å². The van der Waals surface area contributed by atoms with E-state index in [9.17, 15) is 0 Å². The second kappa shape index (κ2) is 31.9. The zero-order valence-corrected chi connectivity index (χ0v) is 8.55. The SMILES string of the molecule is [C].[Cr].[Mo].[Nb].[Ni]. The third-order valence-electron chi connectivity index (χ3n) is 0. The van der Waals surface area contributed by atoms with Crippen molar-refractivity contribution in [3.63, 3.8) is 0 Å². The van der Waals surface area contributed by atoms with Crippen LogP contribution >= 0.6 is 0 Å². The van der Waals surface area contributed by atoms with Crippen molar-refractivity contribution in [1.82, 2.24) is 0 Å². The first-order valence-electron chi connectivity index (χ1n) is 0. The van der Waals surface area contributed by atoms with Crippen LogP contribution in [0.2, 0.25) is 0 Å². The first kappa shape index (κ1) is 51.5. The number of rotatable bonds is 0. The van der Waals surface area contributed by atoms with E-state index in [0.717, 1.165) is 0 Å². The van der Waals surface area contributed by atoms with Crippen molar-refractivity contribution < 1.29 is 77.3 Å². The van der Waals surface area contributed by atoms with E-state index in [2.05, 4.69) is 0 Å². The maximum atomic E-state index is 0. The second-order valence-electron chi connectivity index (χ2n) is 0. The van der Waals surface area contributed by atoms with Crippen LogP contribution in [-0.2, 0) is 77.3 Å². The quantitative estimate of drug-likeness (QED) is 0.556. The molecule has 0 unspecified atom stereocenters. The molecule has 31 valence electrons. The summed E-state index contributed by atoms with van der Waals surface area (Å²) in [6, 6.07) is 0. The normalized spacial score (nSPS) is 0. The molecule has 0 aromatic carbocycles. The van der Waals surface area contributed by atoms with Gasteiger partial charge in [-0.3, -0.25) is 0 Å². The van der Waals surface area contributed by atoms with Crippen LogP contribution in [0.15, 0.2) is 0 Å². The molecule has 0 heterocycles. The Kier molecular flexibility index (Phi) is 329. The van der Waals surface area contributed by atoms with E-state index in [1.807, 2.05) is 0 Å². The molecule has 0 aliphatic carbocycles. The Labute approximate surface area is 83.7 Å². The fraction of sp³-hybridized carbons (Fsp3) is 0. The van der Waals surface area contributed by atoms with E-state index in [1.165, 1.54) is 0 Å². The fourth-order valence-corrected chi connectivity index (χ4v) is 0. The molecule has 5 radical (unpaired) electrons. The zero-order chi connectivity index (χ0) is 0. The molecule has 0 saturated carbocycles. The summed E-state index contributed by atoms with van der Waals surface area (Å²) >= 11 is 0. The summed E-state index contributed by atoms with van der Waals surface area (Å²) in [7, 11) is 0. The molecule has 0 aromatic rings. The van der Waals surface area contributed by atoms with Gasteiger partial charge in [-0.1, -0.05) is 0 Å². The van der Waals surface area contributed by atoms with Crippen molar-refractivity contribution in [2.45, 2.75) is 0 Å². The molecule has 0 aromatic heterocycles. The predicted octanol–water partition coefficient (Wildman–Crippen LogP) is 0.0713. The molecule has 0 atom stereocenters. The third kappa shape index (κ3) is 21.3. The summed E-state index contributed by atoms with van der Waals surface area (Å²) in [6.07, 6.45) is 0. The molecule has 0 rings (SSSR count). The van der Waals surface area contributed by atoms with Gasteiger partial charge in [0.25, 0.3) is 0 Å². The van der Waals surface area contributed by atoms with E-state index in [4.69, 9.17) is 0 Å². The van der Waals surface area contributed by atoms with Crippen LogP contribution in [0, 0.1) is 7.43 Å². The van der Waals surface area contributed by atoms with E-state index in [-0.39, 0.29) is 84.7 Å². The van der Waals surface area contributed by atoms with Gasteiger partial charge in [0, 0.05) is 84.7 Å². The summed E-state index contributed by atoms with van der Waals surface area (Å²) in [5.41, 5.74) is 0. The summed E-state index contributed by atoms with van der Waals surface area (Å²) in [5, 5.41) is 0. The zero-order valence-electron chi connectivity index (χ0n) is 2.08. The molecular weight excluding hydrogens is 312 g/mol. The molecule has 4 heteroatoms. The van der Waals surface area contributed by atoms with Crippen molar-refractivity contribution >= 4 is 0 Å². The summed E-state index contributed by atoms with van der Waals surface area (Å²) in [4.78, 5) is 0. The van der Waals surface area contributed by atoms with Gasteiger partial charge in [-0.2, -0.15) is 0 Å². The average Bonchev–Trinajstić information content (AvgIpc) is 0. The van der Waals surface area contributed by atoms with E-state index in [1.54, 1.807) is 0 Å². The molecular formula is CCrMoNbNi. The average molecular weight is 312 g/mol. The van der Waals surface area contributed by atoms with E-state index < -0.39 is 0 Å². The topological polar surface area (TPSA) is 0 Å². The molecule has 0 aliphatic heterocycles. The van der Waals surface area contributed by atoms with Crippen LogP contribution in [0.3, 0.4) is 0 Å². The molecule has 0 fully saturated rings. The Morgan fingerprint density at radius 3 is 1.00 bits per heavy atom. The van der Waals surface area contributed by atoms with Crippen LogP contribution < -0.4 is 0 Å². The predicted molar refractivity (Wildman–Crippen MR) is 3.24 cm³/mol. The van der Waals surface area contributed by atoms with Crippen molar-refractivity contribution in [2.75, 3.05) is 0 Å². The summed E-state index contributed by atoms with van der Waals surface area (Å²) < 4.78 is 0. The monoisotopic (exact) mass is 313 g/mol. The Morgan fingerprint density at radius 2 is 1.00 bits per heavy atom. The van der Waals surface area contributed by atoms with Gasteiger partial charge >= 0.3 is 0 Å².